The molecule has 1 saturated heterocycles. The monoisotopic (exact) mass is 225 g/mol. The Morgan fingerprint density at radius 1 is 1.47 bits per heavy atom. The fraction of sp³-hybridized carbons (Fsp3) is 0.500. The van der Waals surface area contributed by atoms with Crippen molar-refractivity contribution in [1.82, 2.24) is 5.32 Å². The van der Waals surface area contributed by atoms with Crippen LogP contribution in [0.25, 0.3) is 0 Å². The molecule has 1 heterocycles. The zero-order valence-electron chi connectivity index (χ0n) is 9.57. The van der Waals surface area contributed by atoms with Crippen molar-refractivity contribution < 1.29 is 4.74 Å². The molecule has 0 amide bonds. The zero-order valence-corrected chi connectivity index (χ0v) is 10.3. The first kappa shape index (κ1) is 10.8. The van der Waals surface area contributed by atoms with Gasteiger partial charge in [0, 0.05) is 17.1 Å². The minimum Gasteiger partial charge on any atom is -0.496 e. The molecule has 1 fully saturated rings. The fourth-order valence-electron chi connectivity index (χ4n) is 2.08. The molecule has 1 atom stereocenters. The molecule has 0 aromatic heterocycles. The molecule has 2 nitrogen and oxygen atoms in total. The van der Waals surface area contributed by atoms with Gasteiger partial charge < -0.3 is 10.1 Å². The van der Waals surface area contributed by atoms with Crippen LogP contribution in [0.1, 0.15) is 23.6 Å². The Labute approximate surface area is 95.6 Å². The molecule has 3 heteroatoms. The van der Waals surface area contributed by atoms with Crippen LogP contribution < -0.4 is 10.1 Å². The highest BCUT2D eigenvalue weighted by molar-refractivity contribution is 6.32. The minimum absolute atomic E-state index is 0.0484. The van der Waals surface area contributed by atoms with Crippen molar-refractivity contribution in [3.63, 3.8) is 0 Å². The van der Waals surface area contributed by atoms with E-state index in [1.165, 1.54) is 5.56 Å². The smallest absolute Gasteiger partial charge is 0.124 e. The lowest BCUT2D eigenvalue weighted by atomic mass is 9.93. The molecule has 1 unspecified atom stereocenters. The molecular weight excluding hydrogens is 210 g/mol. The van der Waals surface area contributed by atoms with E-state index < -0.39 is 0 Å². The summed E-state index contributed by atoms with van der Waals surface area (Å²) in [5.74, 6) is 0.932. The highest BCUT2D eigenvalue weighted by Crippen LogP contribution is 2.42. The lowest BCUT2D eigenvalue weighted by Gasteiger charge is -2.18. The van der Waals surface area contributed by atoms with Crippen molar-refractivity contribution in [3.05, 3.63) is 27.8 Å². The first-order valence-corrected chi connectivity index (χ1v) is 5.46. The molecule has 0 bridgehead atoms. The third-order valence-electron chi connectivity index (χ3n) is 3.12. The van der Waals surface area contributed by atoms with E-state index in [4.69, 9.17) is 16.3 Å². The van der Waals surface area contributed by atoms with Crippen molar-refractivity contribution in [3.8, 4) is 5.75 Å². The van der Waals surface area contributed by atoms with E-state index in [1.807, 2.05) is 13.0 Å². The topological polar surface area (TPSA) is 31.2 Å². The third kappa shape index (κ3) is 1.62. The van der Waals surface area contributed by atoms with E-state index in [-0.39, 0.29) is 5.54 Å². The van der Waals surface area contributed by atoms with Crippen LogP contribution in [0.3, 0.4) is 0 Å². The molecule has 1 N–H and O–H groups in total. The molecule has 0 spiro atoms. The summed E-state index contributed by atoms with van der Waals surface area (Å²) >= 11 is 6.26. The molecule has 1 aliphatic heterocycles. The van der Waals surface area contributed by atoms with Crippen molar-refractivity contribution in [2.24, 2.45) is 0 Å². The van der Waals surface area contributed by atoms with Gasteiger partial charge >= 0.3 is 0 Å². The quantitative estimate of drug-likeness (QED) is 0.785. The molecule has 1 aliphatic rings. The van der Waals surface area contributed by atoms with Gasteiger partial charge in [-0.15, -0.1) is 0 Å². The second kappa shape index (κ2) is 3.39. The maximum Gasteiger partial charge on any atom is 0.124 e. The summed E-state index contributed by atoms with van der Waals surface area (Å²) in [6, 6.07) is 2.01. The first-order chi connectivity index (χ1) is 6.99. The second-order valence-corrected chi connectivity index (χ2v) is 4.77. The van der Waals surface area contributed by atoms with Crippen LogP contribution in [-0.4, -0.2) is 13.7 Å². The summed E-state index contributed by atoms with van der Waals surface area (Å²) in [7, 11) is 1.71. The summed E-state index contributed by atoms with van der Waals surface area (Å²) in [6.07, 6.45) is 0. The molecular formula is C12H16ClNO. The Kier molecular flexibility index (Phi) is 2.44. The molecule has 2 rings (SSSR count). The van der Waals surface area contributed by atoms with E-state index >= 15 is 0 Å². The van der Waals surface area contributed by atoms with E-state index in [1.54, 1.807) is 7.11 Å². The fourth-order valence-corrected chi connectivity index (χ4v) is 2.23. The highest BCUT2D eigenvalue weighted by atomic mass is 35.5. The van der Waals surface area contributed by atoms with Crippen LogP contribution in [0.2, 0.25) is 5.02 Å². The average molecular weight is 226 g/mol. The number of halogens is 1. The number of nitrogens with one attached hydrogen (secondary N) is 1. The van der Waals surface area contributed by atoms with Crippen LogP contribution in [-0.2, 0) is 5.54 Å². The zero-order chi connectivity index (χ0) is 11.2. The van der Waals surface area contributed by atoms with Gasteiger partial charge in [-0.2, -0.15) is 0 Å². The molecule has 0 saturated carbocycles. The van der Waals surface area contributed by atoms with Gasteiger partial charge in [0.1, 0.15) is 5.75 Å². The number of aryl methyl sites for hydroxylation is 1. The predicted octanol–water partition coefficient (Wildman–Crippen LogP) is 2.78. The third-order valence-corrected chi connectivity index (χ3v) is 3.70. The van der Waals surface area contributed by atoms with Gasteiger partial charge in [0.2, 0.25) is 0 Å². The van der Waals surface area contributed by atoms with Crippen LogP contribution in [0.15, 0.2) is 6.07 Å². The van der Waals surface area contributed by atoms with Gasteiger partial charge in [-0.25, -0.2) is 0 Å². The minimum atomic E-state index is 0.0484. The van der Waals surface area contributed by atoms with Crippen molar-refractivity contribution in [1.29, 1.82) is 0 Å². The second-order valence-electron chi connectivity index (χ2n) is 4.40. The van der Waals surface area contributed by atoms with Gasteiger partial charge in [0.15, 0.2) is 0 Å². The van der Waals surface area contributed by atoms with Gasteiger partial charge in [-0.3, -0.25) is 0 Å². The van der Waals surface area contributed by atoms with Crippen molar-refractivity contribution in [2.75, 3.05) is 13.7 Å². The standard InChI is InChI=1S/C12H16ClNO/c1-7-5-9(15-4)10(8(2)11(7)13)12(3)6-14-12/h5,14H,6H2,1-4H3. The van der Waals surface area contributed by atoms with Crippen molar-refractivity contribution in [2.45, 2.75) is 26.3 Å². The molecule has 1 aromatic rings. The number of methoxy groups -OCH3 is 1. The summed E-state index contributed by atoms with van der Waals surface area (Å²) in [5.41, 5.74) is 3.44. The van der Waals surface area contributed by atoms with Crippen molar-refractivity contribution >= 4 is 11.6 Å². The van der Waals surface area contributed by atoms with Gasteiger partial charge in [-0.1, -0.05) is 11.6 Å². The van der Waals surface area contributed by atoms with E-state index in [2.05, 4.69) is 19.2 Å². The SMILES string of the molecule is COc1cc(C)c(Cl)c(C)c1C1(C)CN1. The van der Waals surface area contributed by atoms with Crippen LogP contribution in [0, 0.1) is 13.8 Å². The molecule has 15 heavy (non-hydrogen) atoms. The van der Waals surface area contributed by atoms with E-state index in [0.29, 0.717) is 0 Å². The highest BCUT2D eigenvalue weighted by Gasteiger charge is 2.42. The summed E-state index contributed by atoms with van der Waals surface area (Å²) in [5, 5.41) is 4.20. The Bertz CT molecular complexity index is 411. The van der Waals surface area contributed by atoms with Gasteiger partial charge in [-0.05, 0) is 38.0 Å². The lowest BCUT2D eigenvalue weighted by molar-refractivity contribution is 0.404. The Balaban J connectivity index is 2.65. The number of hydrogen-bond donors (Lipinski definition) is 1. The lowest BCUT2D eigenvalue weighted by Crippen LogP contribution is -2.12. The van der Waals surface area contributed by atoms with Crippen LogP contribution in [0.5, 0.6) is 5.75 Å². The Morgan fingerprint density at radius 3 is 2.53 bits per heavy atom. The number of ether oxygens (including phenoxy) is 1. The van der Waals surface area contributed by atoms with E-state index in [0.717, 1.165) is 28.4 Å². The molecule has 1 aromatic carbocycles. The maximum atomic E-state index is 6.26. The summed E-state index contributed by atoms with van der Waals surface area (Å²) < 4.78 is 5.43. The van der Waals surface area contributed by atoms with Crippen LogP contribution >= 0.6 is 11.6 Å². The Hall–Kier alpha value is -0.730. The van der Waals surface area contributed by atoms with Gasteiger partial charge in [0.05, 0.1) is 12.6 Å². The predicted molar refractivity (Wildman–Crippen MR) is 62.8 cm³/mol. The van der Waals surface area contributed by atoms with E-state index in [9.17, 15) is 0 Å². The first-order valence-electron chi connectivity index (χ1n) is 5.09. The van der Waals surface area contributed by atoms with Gasteiger partial charge in [0.25, 0.3) is 0 Å². The maximum absolute atomic E-state index is 6.26. The Morgan fingerprint density at radius 2 is 2.07 bits per heavy atom. The summed E-state index contributed by atoms with van der Waals surface area (Å²) in [4.78, 5) is 0. The average Bonchev–Trinajstić information content (AvgIpc) is 2.92. The number of rotatable bonds is 2. The molecule has 0 aliphatic carbocycles. The molecule has 0 radical (unpaired) electrons. The number of benzene rings is 1. The van der Waals surface area contributed by atoms with Crippen LogP contribution in [0.4, 0.5) is 0 Å². The largest absolute Gasteiger partial charge is 0.496 e. The normalized spacial score (nSPS) is 24.1. The summed E-state index contributed by atoms with van der Waals surface area (Å²) in [6.45, 7) is 7.22. The number of hydrogen-bond acceptors (Lipinski definition) is 2. The molecule has 82 valence electrons.